The third kappa shape index (κ3) is 4.07. The van der Waals surface area contributed by atoms with Crippen LogP contribution in [0.3, 0.4) is 0 Å². The van der Waals surface area contributed by atoms with E-state index in [1.807, 2.05) is 6.92 Å². The fourth-order valence-electron chi connectivity index (χ4n) is 1.50. The number of benzene rings is 1. The van der Waals surface area contributed by atoms with E-state index in [4.69, 9.17) is 16.7 Å². The Balaban J connectivity index is 2.98. The van der Waals surface area contributed by atoms with E-state index >= 15 is 0 Å². The first kappa shape index (κ1) is 13.5. The average Bonchev–Trinajstić information content (AvgIpc) is 2.19. The summed E-state index contributed by atoms with van der Waals surface area (Å²) in [6.45, 7) is 3.21. The highest BCUT2D eigenvalue weighted by molar-refractivity contribution is 6.31. The van der Waals surface area contributed by atoms with Gasteiger partial charge in [-0.1, -0.05) is 23.7 Å². The van der Waals surface area contributed by atoms with Crippen LogP contribution in [0.15, 0.2) is 18.2 Å². The maximum absolute atomic E-state index is 11.0. The van der Waals surface area contributed by atoms with Gasteiger partial charge >= 0.3 is 5.97 Å². The second-order valence-corrected chi connectivity index (χ2v) is 4.27. The summed E-state index contributed by atoms with van der Waals surface area (Å²) in [6, 6.07) is 4.70. The van der Waals surface area contributed by atoms with Crippen molar-refractivity contribution in [2.75, 3.05) is 0 Å². The van der Waals surface area contributed by atoms with Gasteiger partial charge in [-0.25, -0.2) is 0 Å². The summed E-state index contributed by atoms with van der Waals surface area (Å²) >= 11 is 5.97. The number of nitrogens with one attached hydrogen (secondary N) is 1. The number of amides is 1. The van der Waals surface area contributed by atoms with Crippen molar-refractivity contribution >= 4 is 23.5 Å². The van der Waals surface area contributed by atoms with Crippen molar-refractivity contribution in [3.63, 3.8) is 0 Å². The second-order valence-electron chi connectivity index (χ2n) is 3.86. The molecule has 0 spiro atoms. The number of carbonyl (C=O) groups excluding carboxylic acids is 1. The molecule has 2 N–H and O–H groups in total. The molecule has 0 aromatic heterocycles. The van der Waals surface area contributed by atoms with Crippen LogP contribution >= 0.6 is 11.6 Å². The summed E-state index contributed by atoms with van der Waals surface area (Å²) in [6.07, 6.45) is -0.168. The first-order valence-corrected chi connectivity index (χ1v) is 5.53. The van der Waals surface area contributed by atoms with Crippen LogP contribution in [0.1, 0.15) is 30.5 Å². The number of rotatable bonds is 4. The maximum Gasteiger partial charge on any atom is 0.305 e. The quantitative estimate of drug-likeness (QED) is 0.868. The number of halogens is 1. The minimum absolute atomic E-state index is 0.168. The highest BCUT2D eigenvalue weighted by Gasteiger charge is 2.17. The van der Waals surface area contributed by atoms with E-state index in [0.29, 0.717) is 10.6 Å². The number of hydrogen-bond donors (Lipinski definition) is 2. The predicted octanol–water partition coefficient (Wildman–Crippen LogP) is 2.30. The van der Waals surface area contributed by atoms with Gasteiger partial charge in [0.05, 0.1) is 12.5 Å². The van der Waals surface area contributed by atoms with E-state index in [9.17, 15) is 9.59 Å². The van der Waals surface area contributed by atoms with Gasteiger partial charge in [0.25, 0.3) is 0 Å². The SMILES string of the molecule is CC(=O)N[C@@H](CC(=O)O)c1ccc(C)c(Cl)c1. The third-order valence-electron chi connectivity index (χ3n) is 2.35. The normalized spacial score (nSPS) is 11.9. The average molecular weight is 256 g/mol. The van der Waals surface area contributed by atoms with Gasteiger partial charge in [0, 0.05) is 11.9 Å². The van der Waals surface area contributed by atoms with Crippen molar-refractivity contribution in [1.29, 1.82) is 0 Å². The zero-order chi connectivity index (χ0) is 13.0. The third-order valence-corrected chi connectivity index (χ3v) is 2.76. The van der Waals surface area contributed by atoms with Crippen LogP contribution in [0, 0.1) is 6.92 Å². The van der Waals surface area contributed by atoms with E-state index in [0.717, 1.165) is 5.56 Å². The molecular weight excluding hydrogens is 242 g/mol. The Morgan fingerprint density at radius 3 is 2.59 bits per heavy atom. The van der Waals surface area contributed by atoms with E-state index in [2.05, 4.69) is 5.32 Å². The number of carbonyl (C=O) groups is 2. The van der Waals surface area contributed by atoms with Crippen molar-refractivity contribution in [2.45, 2.75) is 26.3 Å². The molecule has 0 aliphatic rings. The van der Waals surface area contributed by atoms with Crippen molar-refractivity contribution in [3.8, 4) is 0 Å². The molecule has 17 heavy (non-hydrogen) atoms. The molecule has 1 amide bonds. The fraction of sp³-hybridized carbons (Fsp3) is 0.333. The van der Waals surface area contributed by atoms with Crippen LogP contribution in [0.2, 0.25) is 5.02 Å². The molecule has 1 aromatic rings. The highest BCUT2D eigenvalue weighted by atomic mass is 35.5. The number of aliphatic carboxylic acids is 1. The first-order valence-electron chi connectivity index (χ1n) is 5.15. The van der Waals surface area contributed by atoms with Crippen LogP contribution in [0.25, 0.3) is 0 Å². The molecule has 0 fully saturated rings. The molecule has 92 valence electrons. The Hall–Kier alpha value is -1.55. The number of aryl methyl sites for hydroxylation is 1. The van der Waals surface area contributed by atoms with Gasteiger partial charge in [-0.15, -0.1) is 0 Å². The molecule has 5 heteroatoms. The summed E-state index contributed by atoms with van der Waals surface area (Å²) in [4.78, 5) is 21.8. The lowest BCUT2D eigenvalue weighted by molar-refractivity contribution is -0.137. The van der Waals surface area contributed by atoms with Crippen LogP contribution in [-0.2, 0) is 9.59 Å². The van der Waals surface area contributed by atoms with Gasteiger partial charge in [0.1, 0.15) is 0 Å². The molecule has 0 bridgehead atoms. The van der Waals surface area contributed by atoms with E-state index < -0.39 is 12.0 Å². The molecular formula is C12H14ClNO3. The van der Waals surface area contributed by atoms with E-state index in [1.165, 1.54) is 6.92 Å². The summed E-state index contributed by atoms with van der Waals surface area (Å²) in [7, 11) is 0. The van der Waals surface area contributed by atoms with Crippen LogP contribution in [0.4, 0.5) is 0 Å². The minimum atomic E-state index is -0.972. The van der Waals surface area contributed by atoms with Crippen molar-refractivity contribution in [3.05, 3.63) is 34.3 Å². The Bertz CT molecular complexity index is 429. The fourth-order valence-corrected chi connectivity index (χ4v) is 1.69. The monoisotopic (exact) mass is 255 g/mol. The summed E-state index contributed by atoms with van der Waals surface area (Å²) in [5.41, 5.74) is 1.60. The summed E-state index contributed by atoms with van der Waals surface area (Å²) in [5.74, 6) is -1.24. The molecule has 0 unspecified atom stereocenters. The zero-order valence-corrected chi connectivity index (χ0v) is 10.4. The molecule has 1 rings (SSSR count). The topological polar surface area (TPSA) is 66.4 Å². The largest absolute Gasteiger partial charge is 0.481 e. The molecule has 0 aliphatic carbocycles. The van der Waals surface area contributed by atoms with Gasteiger partial charge < -0.3 is 10.4 Å². The lowest BCUT2D eigenvalue weighted by Crippen LogP contribution is -2.28. The standard InChI is InChI=1S/C12H14ClNO3/c1-7-3-4-9(5-10(7)13)11(6-12(16)17)14-8(2)15/h3-5,11H,6H2,1-2H3,(H,14,15)(H,16,17)/t11-/m0/s1. The van der Waals surface area contributed by atoms with Crippen molar-refractivity contribution in [2.24, 2.45) is 0 Å². The Morgan fingerprint density at radius 1 is 1.47 bits per heavy atom. The van der Waals surface area contributed by atoms with Gasteiger partial charge in [0.15, 0.2) is 0 Å². The second kappa shape index (κ2) is 5.68. The molecule has 0 heterocycles. The van der Waals surface area contributed by atoms with Crippen LogP contribution < -0.4 is 5.32 Å². The minimum Gasteiger partial charge on any atom is -0.481 e. The Kier molecular flexibility index (Phi) is 4.52. The molecule has 4 nitrogen and oxygen atoms in total. The first-order chi connectivity index (χ1) is 7.90. The molecule has 1 atom stereocenters. The van der Waals surface area contributed by atoms with Gasteiger partial charge in [-0.3, -0.25) is 9.59 Å². The number of carboxylic acids is 1. The van der Waals surface area contributed by atoms with Crippen molar-refractivity contribution in [1.82, 2.24) is 5.32 Å². The molecule has 0 saturated heterocycles. The Labute approximate surface area is 105 Å². The zero-order valence-electron chi connectivity index (χ0n) is 9.66. The molecule has 0 aliphatic heterocycles. The lowest BCUT2D eigenvalue weighted by atomic mass is 10.0. The summed E-state index contributed by atoms with van der Waals surface area (Å²) in [5, 5.41) is 12.0. The van der Waals surface area contributed by atoms with Gasteiger partial charge in [-0.2, -0.15) is 0 Å². The predicted molar refractivity (Wildman–Crippen MR) is 65.0 cm³/mol. The number of hydrogen-bond acceptors (Lipinski definition) is 2. The van der Waals surface area contributed by atoms with E-state index in [-0.39, 0.29) is 12.3 Å². The molecule has 0 saturated carbocycles. The van der Waals surface area contributed by atoms with E-state index in [1.54, 1.807) is 18.2 Å². The smallest absolute Gasteiger partial charge is 0.305 e. The van der Waals surface area contributed by atoms with Crippen LogP contribution in [0.5, 0.6) is 0 Å². The van der Waals surface area contributed by atoms with Crippen LogP contribution in [-0.4, -0.2) is 17.0 Å². The Morgan fingerprint density at radius 2 is 2.12 bits per heavy atom. The van der Waals surface area contributed by atoms with Gasteiger partial charge in [0.2, 0.25) is 5.91 Å². The number of carboxylic acid groups (broad SMARTS) is 1. The highest BCUT2D eigenvalue weighted by Crippen LogP contribution is 2.23. The van der Waals surface area contributed by atoms with Gasteiger partial charge in [-0.05, 0) is 24.1 Å². The molecule has 1 aromatic carbocycles. The molecule has 0 radical (unpaired) electrons. The summed E-state index contributed by atoms with van der Waals surface area (Å²) < 4.78 is 0. The lowest BCUT2D eigenvalue weighted by Gasteiger charge is -2.17. The van der Waals surface area contributed by atoms with Crippen molar-refractivity contribution < 1.29 is 14.7 Å². The maximum atomic E-state index is 11.0.